The van der Waals surface area contributed by atoms with Crippen molar-refractivity contribution in [2.45, 2.75) is 23.9 Å². The van der Waals surface area contributed by atoms with Gasteiger partial charge in [-0.15, -0.1) is 12.4 Å². The first-order valence-electron chi connectivity index (χ1n) is 4.85. The summed E-state index contributed by atoms with van der Waals surface area (Å²) in [7, 11) is -3.42. The van der Waals surface area contributed by atoms with Crippen molar-refractivity contribution < 1.29 is 8.42 Å². The van der Waals surface area contributed by atoms with E-state index in [9.17, 15) is 8.42 Å². The van der Waals surface area contributed by atoms with E-state index in [2.05, 4.69) is 9.97 Å². The van der Waals surface area contributed by atoms with Crippen molar-refractivity contribution in [3.05, 3.63) is 12.5 Å². The summed E-state index contributed by atoms with van der Waals surface area (Å²) in [6, 6.07) is -0.0588. The number of aromatic nitrogens is 2. The number of hydrogen-bond acceptors (Lipinski definition) is 4. The molecular formula is C8H15ClN4O2S. The quantitative estimate of drug-likeness (QED) is 0.785. The Morgan fingerprint density at radius 1 is 1.56 bits per heavy atom. The number of piperidine rings is 1. The van der Waals surface area contributed by atoms with E-state index in [0.29, 0.717) is 13.1 Å². The van der Waals surface area contributed by atoms with Crippen LogP contribution in [-0.4, -0.2) is 41.8 Å². The van der Waals surface area contributed by atoms with Crippen molar-refractivity contribution in [3.63, 3.8) is 0 Å². The van der Waals surface area contributed by atoms with Crippen LogP contribution in [0.3, 0.4) is 0 Å². The van der Waals surface area contributed by atoms with E-state index < -0.39 is 10.0 Å². The first-order chi connectivity index (χ1) is 7.10. The largest absolute Gasteiger partial charge is 0.335 e. The molecule has 1 aliphatic heterocycles. The molecule has 1 atom stereocenters. The lowest BCUT2D eigenvalue weighted by Crippen LogP contribution is -2.45. The van der Waals surface area contributed by atoms with E-state index in [0.717, 1.165) is 12.8 Å². The molecule has 3 N–H and O–H groups in total. The van der Waals surface area contributed by atoms with Gasteiger partial charge in [-0.25, -0.2) is 13.4 Å². The summed E-state index contributed by atoms with van der Waals surface area (Å²) in [5, 5.41) is 0.136. The lowest BCUT2D eigenvalue weighted by atomic mass is 10.1. The second-order valence-corrected chi connectivity index (χ2v) is 5.59. The van der Waals surface area contributed by atoms with Crippen LogP contribution in [0.5, 0.6) is 0 Å². The minimum absolute atomic E-state index is 0. The first kappa shape index (κ1) is 13.4. The number of nitrogens with one attached hydrogen (secondary N) is 1. The molecule has 0 radical (unpaired) electrons. The van der Waals surface area contributed by atoms with Crippen molar-refractivity contribution in [2.75, 3.05) is 13.1 Å². The smallest absolute Gasteiger partial charge is 0.260 e. The van der Waals surface area contributed by atoms with E-state index in [1.54, 1.807) is 0 Å². The maximum Gasteiger partial charge on any atom is 0.260 e. The lowest BCUT2D eigenvalue weighted by Gasteiger charge is -2.29. The number of H-pyrrole nitrogens is 1. The summed E-state index contributed by atoms with van der Waals surface area (Å²) < 4.78 is 25.4. The van der Waals surface area contributed by atoms with Gasteiger partial charge in [-0.05, 0) is 12.8 Å². The molecular weight excluding hydrogens is 252 g/mol. The molecule has 0 spiro atoms. The molecule has 6 nitrogen and oxygen atoms in total. The molecule has 0 amide bonds. The summed E-state index contributed by atoms with van der Waals surface area (Å²) in [6.07, 6.45) is 4.37. The fourth-order valence-electron chi connectivity index (χ4n) is 1.72. The maximum absolute atomic E-state index is 12.0. The van der Waals surface area contributed by atoms with Crippen LogP contribution < -0.4 is 5.73 Å². The van der Waals surface area contributed by atoms with Crippen LogP contribution in [0, 0.1) is 0 Å². The molecule has 2 rings (SSSR count). The zero-order valence-electron chi connectivity index (χ0n) is 8.67. The van der Waals surface area contributed by atoms with Crippen molar-refractivity contribution in [2.24, 2.45) is 5.73 Å². The summed E-state index contributed by atoms with van der Waals surface area (Å²) in [5.74, 6) is 0. The van der Waals surface area contributed by atoms with Gasteiger partial charge in [0.25, 0.3) is 10.0 Å². The first-order valence-corrected chi connectivity index (χ1v) is 6.29. The van der Waals surface area contributed by atoms with Crippen LogP contribution in [-0.2, 0) is 10.0 Å². The Hall–Kier alpha value is -0.630. The third kappa shape index (κ3) is 2.54. The Balaban J connectivity index is 0.00000128. The molecule has 0 aromatic carbocycles. The van der Waals surface area contributed by atoms with Crippen LogP contribution >= 0.6 is 12.4 Å². The van der Waals surface area contributed by atoms with Gasteiger partial charge in [0.15, 0.2) is 5.03 Å². The van der Waals surface area contributed by atoms with Gasteiger partial charge in [0.05, 0.1) is 12.5 Å². The summed E-state index contributed by atoms with van der Waals surface area (Å²) in [4.78, 5) is 6.32. The van der Waals surface area contributed by atoms with E-state index in [-0.39, 0.29) is 23.5 Å². The number of sulfonamides is 1. The molecule has 2 heterocycles. The van der Waals surface area contributed by atoms with E-state index in [1.165, 1.54) is 16.8 Å². The van der Waals surface area contributed by atoms with Crippen molar-refractivity contribution >= 4 is 22.4 Å². The number of hydrogen-bond donors (Lipinski definition) is 2. The van der Waals surface area contributed by atoms with Gasteiger partial charge in [-0.2, -0.15) is 4.31 Å². The standard InChI is InChI=1S/C8H14N4O2S.ClH/c9-7-2-1-3-12(5-7)15(13,14)8-4-10-6-11-8;/h4,6-7H,1-3,5,9H2,(H,10,11);1H/t7-;/m1./s1. The van der Waals surface area contributed by atoms with Gasteiger partial charge in [0, 0.05) is 19.1 Å². The zero-order chi connectivity index (χ0) is 10.9. The third-order valence-corrected chi connectivity index (χ3v) is 4.30. The van der Waals surface area contributed by atoms with Gasteiger partial charge >= 0.3 is 0 Å². The Labute approximate surface area is 101 Å². The molecule has 92 valence electrons. The average molecular weight is 267 g/mol. The van der Waals surface area contributed by atoms with Crippen LogP contribution in [0.4, 0.5) is 0 Å². The highest BCUT2D eigenvalue weighted by Gasteiger charge is 2.29. The second kappa shape index (κ2) is 5.13. The predicted octanol–water partition coefficient (Wildman–Crippen LogP) is -0.0567. The molecule has 0 saturated carbocycles. The Morgan fingerprint density at radius 2 is 2.31 bits per heavy atom. The molecule has 0 bridgehead atoms. The molecule has 16 heavy (non-hydrogen) atoms. The Kier molecular flexibility index (Phi) is 4.31. The van der Waals surface area contributed by atoms with Crippen LogP contribution in [0.15, 0.2) is 17.6 Å². The minimum atomic E-state index is -3.42. The fraction of sp³-hybridized carbons (Fsp3) is 0.625. The summed E-state index contributed by atoms with van der Waals surface area (Å²) in [5.41, 5.74) is 5.74. The maximum atomic E-state index is 12.0. The Bertz CT molecular complexity index is 419. The molecule has 1 fully saturated rings. The molecule has 1 aromatic heterocycles. The average Bonchev–Trinajstić information content (AvgIpc) is 2.71. The van der Waals surface area contributed by atoms with Gasteiger partial charge in [0.1, 0.15) is 0 Å². The van der Waals surface area contributed by atoms with Gasteiger partial charge in [-0.3, -0.25) is 0 Å². The van der Waals surface area contributed by atoms with Gasteiger partial charge < -0.3 is 10.7 Å². The van der Waals surface area contributed by atoms with E-state index in [4.69, 9.17) is 5.73 Å². The second-order valence-electron chi connectivity index (χ2n) is 3.68. The minimum Gasteiger partial charge on any atom is -0.335 e. The number of rotatable bonds is 2. The highest BCUT2D eigenvalue weighted by molar-refractivity contribution is 7.89. The Morgan fingerprint density at radius 3 is 2.88 bits per heavy atom. The van der Waals surface area contributed by atoms with Crippen LogP contribution in [0.1, 0.15) is 12.8 Å². The number of nitrogens with two attached hydrogens (primary N) is 1. The fourth-order valence-corrected chi connectivity index (χ4v) is 3.15. The van der Waals surface area contributed by atoms with Crippen molar-refractivity contribution in [3.8, 4) is 0 Å². The highest BCUT2D eigenvalue weighted by Crippen LogP contribution is 2.17. The summed E-state index contributed by atoms with van der Waals surface area (Å²) in [6.45, 7) is 0.927. The third-order valence-electron chi connectivity index (χ3n) is 2.51. The number of nitrogens with zero attached hydrogens (tertiary/aromatic N) is 2. The topological polar surface area (TPSA) is 92.1 Å². The van der Waals surface area contributed by atoms with E-state index in [1.807, 2.05) is 0 Å². The molecule has 1 saturated heterocycles. The monoisotopic (exact) mass is 266 g/mol. The molecule has 8 heteroatoms. The number of aromatic amines is 1. The van der Waals surface area contributed by atoms with Gasteiger partial charge in [0.2, 0.25) is 0 Å². The zero-order valence-corrected chi connectivity index (χ0v) is 10.3. The van der Waals surface area contributed by atoms with Crippen molar-refractivity contribution in [1.82, 2.24) is 14.3 Å². The SMILES string of the molecule is Cl.N[C@@H]1CCCN(S(=O)(=O)c2cnc[nH]2)C1. The number of halogens is 1. The molecule has 1 aromatic rings. The van der Waals surface area contributed by atoms with Crippen LogP contribution in [0.2, 0.25) is 0 Å². The lowest BCUT2D eigenvalue weighted by molar-refractivity contribution is 0.315. The highest BCUT2D eigenvalue weighted by atomic mass is 35.5. The van der Waals surface area contributed by atoms with E-state index >= 15 is 0 Å². The van der Waals surface area contributed by atoms with Crippen molar-refractivity contribution in [1.29, 1.82) is 0 Å². The summed E-state index contributed by atoms with van der Waals surface area (Å²) >= 11 is 0. The molecule has 0 aliphatic carbocycles. The molecule has 0 unspecified atom stereocenters. The van der Waals surface area contributed by atoms with Gasteiger partial charge in [-0.1, -0.05) is 0 Å². The predicted molar refractivity (Wildman–Crippen MR) is 61.8 cm³/mol. The van der Waals surface area contributed by atoms with Crippen LogP contribution in [0.25, 0.3) is 0 Å². The molecule has 1 aliphatic rings. The number of imidazole rings is 1. The normalized spacial score (nSPS) is 22.7.